The zero-order valence-corrected chi connectivity index (χ0v) is 12.3. The van der Waals surface area contributed by atoms with Crippen LogP contribution in [0.3, 0.4) is 0 Å². The highest BCUT2D eigenvalue weighted by atomic mass is 79.9. The molecular formula is C15H11BrN4. The zero-order valence-electron chi connectivity index (χ0n) is 10.8. The Morgan fingerprint density at radius 2 is 2.05 bits per heavy atom. The van der Waals surface area contributed by atoms with Crippen molar-refractivity contribution in [2.45, 2.75) is 6.92 Å². The zero-order chi connectivity index (χ0) is 14.3. The van der Waals surface area contributed by atoms with Gasteiger partial charge in [0.15, 0.2) is 0 Å². The van der Waals surface area contributed by atoms with E-state index in [4.69, 9.17) is 5.73 Å². The third kappa shape index (κ3) is 1.95. The molecule has 0 fully saturated rings. The molecule has 0 aliphatic carbocycles. The molecule has 0 aliphatic heterocycles. The Balaban J connectivity index is 2.35. The Bertz CT molecular complexity index is 858. The Kier molecular flexibility index (Phi) is 2.96. The molecule has 2 aromatic carbocycles. The molecule has 1 aromatic heterocycles. The number of benzene rings is 2. The molecule has 0 saturated carbocycles. The van der Waals surface area contributed by atoms with Gasteiger partial charge in [-0.2, -0.15) is 5.26 Å². The van der Waals surface area contributed by atoms with Crippen LogP contribution in [0.5, 0.6) is 0 Å². The van der Waals surface area contributed by atoms with Crippen molar-refractivity contribution in [1.29, 1.82) is 5.26 Å². The molecule has 3 rings (SSSR count). The van der Waals surface area contributed by atoms with Gasteiger partial charge in [0, 0.05) is 10.2 Å². The summed E-state index contributed by atoms with van der Waals surface area (Å²) in [6.45, 7) is 1.92. The highest BCUT2D eigenvalue weighted by molar-refractivity contribution is 9.10. The summed E-state index contributed by atoms with van der Waals surface area (Å²) < 4.78 is 2.85. The van der Waals surface area contributed by atoms with Crippen LogP contribution in [0, 0.1) is 18.3 Å². The van der Waals surface area contributed by atoms with Crippen LogP contribution in [0.2, 0.25) is 0 Å². The molecule has 4 nitrogen and oxygen atoms in total. The highest BCUT2D eigenvalue weighted by Crippen LogP contribution is 2.26. The van der Waals surface area contributed by atoms with Crippen molar-refractivity contribution in [1.82, 2.24) is 9.55 Å². The Morgan fingerprint density at radius 1 is 1.25 bits per heavy atom. The predicted octanol–water partition coefficient (Wildman–Crippen LogP) is 3.55. The lowest BCUT2D eigenvalue weighted by molar-refractivity contribution is 0.996. The molecular weight excluding hydrogens is 316 g/mol. The van der Waals surface area contributed by atoms with Gasteiger partial charge in [-0.15, -0.1) is 0 Å². The Hall–Kier alpha value is -2.32. The summed E-state index contributed by atoms with van der Waals surface area (Å²) in [7, 11) is 0. The van der Waals surface area contributed by atoms with E-state index in [2.05, 4.69) is 27.0 Å². The lowest BCUT2D eigenvalue weighted by Gasteiger charge is -2.09. The number of nitrogens with two attached hydrogens (primary N) is 1. The molecule has 98 valence electrons. The lowest BCUT2D eigenvalue weighted by atomic mass is 10.2. The quantitative estimate of drug-likeness (QED) is 0.695. The van der Waals surface area contributed by atoms with Crippen molar-refractivity contribution in [2.75, 3.05) is 5.73 Å². The number of nitrogens with zero attached hydrogens (tertiary/aromatic N) is 3. The molecule has 0 saturated heterocycles. The smallest absolute Gasteiger partial charge is 0.111 e. The van der Waals surface area contributed by atoms with Crippen molar-refractivity contribution in [2.24, 2.45) is 0 Å². The minimum absolute atomic E-state index is 0.596. The normalized spacial score (nSPS) is 10.7. The second-order valence-corrected chi connectivity index (χ2v) is 5.43. The summed E-state index contributed by atoms with van der Waals surface area (Å²) in [5.41, 5.74) is 9.65. The number of fused-ring (bicyclic) bond motifs is 1. The van der Waals surface area contributed by atoms with E-state index in [-0.39, 0.29) is 0 Å². The summed E-state index contributed by atoms with van der Waals surface area (Å²) in [5.74, 6) is 0.824. The van der Waals surface area contributed by atoms with Crippen LogP contribution in [0.1, 0.15) is 11.4 Å². The maximum atomic E-state index is 9.32. The van der Waals surface area contributed by atoms with Gasteiger partial charge in [-0.3, -0.25) is 4.57 Å². The molecule has 0 amide bonds. The molecule has 3 aromatic rings. The number of nitriles is 1. The van der Waals surface area contributed by atoms with Crippen LogP contribution >= 0.6 is 15.9 Å². The molecule has 1 heterocycles. The van der Waals surface area contributed by atoms with Gasteiger partial charge in [0.2, 0.25) is 0 Å². The number of halogens is 1. The van der Waals surface area contributed by atoms with Gasteiger partial charge in [0.1, 0.15) is 11.9 Å². The fraction of sp³-hybridized carbons (Fsp3) is 0.0667. The molecule has 2 N–H and O–H groups in total. The largest absolute Gasteiger partial charge is 0.399 e. The minimum Gasteiger partial charge on any atom is -0.399 e. The molecule has 0 unspecified atom stereocenters. The summed E-state index contributed by atoms with van der Waals surface area (Å²) in [5, 5.41) is 9.32. The number of aryl methyl sites for hydroxylation is 1. The van der Waals surface area contributed by atoms with E-state index >= 15 is 0 Å². The first-order valence-corrected chi connectivity index (χ1v) is 6.84. The maximum absolute atomic E-state index is 9.32. The first-order chi connectivity index (χ1) is 9.60. The Morgan fingerprint density at radius 3 is 2.80 bits per heavy atom. The second kappa shape index (κ2) is 4.66. The van der Waals surface area contributed by atoms with E-state index in [1.54, 1.807) is 6.07 Å². The fourth-order valence-electron chi connectivity index (χ4n) is 2.31. The monoisotopic (exact) mass is 326 g/mol. The van der Waals surface area contributed by atoms with Gasteiger partial charge >= 0.3 is 0 Å². The highest BCUT2D eigenvalue weighted by Gasteiger charge is 2.13. The first kappa shape index (κ1) is 12.7. The van der Waals surface area contributed by atoms with E-state index in [0.29, 0.717) is 11.3 Å². The number of hydrogen-bond donors (Lipinski definition) is 1. The van der Waals surface area contributed by atoms with Crippen LogP contribution in [-0.4, -0.2) is 9.55 Å². The topological polar surface area (TPSA) is 67.6 Å². The van der Waals surface area contributed by atoms with Gasteiger partial charge in [-0.25, -0.2) is 4.98 Å². The van der Waals surface area contributed by atoms with Crippen molar-refractivity contribution in [3.63, 3.8) is 0 Å². The molecule has 0 atom stereocenters. The van der Waals surface area contributed by atoms with Crippen LogP contribution in [-0.2, 0) is 0 Å². The van der Waals surface area contributed by atoms with Crippen LogP contribution in [0.25, 0.3) is 16.7 Å². The van der Waals surface area contributed by atoms with Gasteiger partial charge < -0.3 is 5.73 Å². The second-order valence-electron chi connectivity index (χ2n) is 4.52. The SMILES string of the molecule is Cc1nc2cc(N)ccc2n1-c1ccc(Br)cc1C#N. The van der Waals surface area contributed by atoms with Crippen molar-refractivity contribution >= 4 is 32.7 Å². The fourth-order valence-corrected chi connectivity index (χ4v) is 2.68. The van der Waals surface area contributed by atoms with Crippen molar-refractivity contribution < 1.29 is 0 Å². The van der Waals surface area contributed by atoms with Crippen LogP contribution in [0.15, 0.2) is 40.9 Å². The van der Waals surface area contributed by atoms with Gasteiger partial charge in [0.05, 0.1) is 22.3 Å². The molecule has 0 aliphatic rings. The van der Waals surface area contributed by atoms with E-state index < -0.39 is 0 Å². The van der Waals surface area contributed by atoms with Gasteiger partial charge in [-0.1, -0.05) is 15.9 Å². The number of hydrogen-bond acceptors (Lipinski definition) is 3. The summed E-state index contributed by atoms with van der Waals surface area (Å²) in [4.78, 5) is 4.51. The maximum Gasteiger partial charge on any atom is 0.111 e. The van der Waals surface area contributed by atoms with Crippen LogP contribution in [0.4, 0.5) is 5.69 Å². The van der Waals surface area contributed by atoms with Crippen molar-refractivity contribution in [3.8, 4) is 11.8 Å². The van der Waals surface area contributed by atoms with Crippen LogP contribution < -0.4 is 5.73 Å². The number of anilines is 1. The van der Waals surface area contributed by atoms with E-state index in [0.717, 1.165) is 27.0 Å². The number of aromatic nitrogens is 2. The van der Waals surface area contributed by atoms with E-state index in [1.807, 2.05) is 41.8 Å². The van der Waals surface area contributed by atoms with Gasteiger partial charge in [-0.05, 0) is 43.3 Å². The molecule has 0 spiro atoms. The molecule has 0 radical (unpaired) electrons. The summed E-state index contributed by atoms with van der Waals surface area (Å²) in [6, 6.07) is 13.5. The third-order valence-corrected chi connectivity index (χ3v) is 3.66. The predicted molar refractivity (Wildman–Crippen MR) is 82.6 cm³/mol. The standard InChI is InChI=1S/C15H11BrN4/c1-9-19-13-7-12(18)3-5-15(13)20(9)14-4-2-11(16)6-10(14)8-17/h2-7H,18H2,1H3. The first-order valence-electron chi connectivity index (χ1n) is 6.05. The van der Waals surface area contributed by atoms with Crippen molar-refractivity contribution in [3.05, 3.63) is 52.3 Å². The number of rotatable bonds is 1. The average Bonchev–Trinajstić information content (AvgIpc) is 2.73. The summed E-state index contributed by atoms with van der Waals surface area (Å²) >= 11 is 3.39. The summed E-state index contributed by atoms with van der Waals surface area (Å²) in [6.07, 6.45) is 0. The molecule has 5 heteroatoms. The third-order valence-electron chi connectivity index (χ3n) is 3.17. The Labute approximate surface area is 124 Å². The lowest BCUT2D eigenvalue weighted by Crippen LogP contribution is -2.00. The van der Waals surface area contributed by atoms with E-state index in [1.165, 1.54) is 0 Å². The molecule has 0 bridgehead atoms. The molecule has 20 heavy (non-hydrogen) atoms. The number of nitrogen functional groups attached to an aromatic ring is 1. The van der Waals surface area contributed by atoms with E-state index in [9.17, 15) is 5.26 Å². The van der Waals surface area contributed by atoms with Gasteiger partial charge in [0.25, 0.3) is 0 Å². The average molecular weight is 327 g/mol. The number of imidazole rings is 1. The minimum atomic E-state index is 0.596.